The number of sulfone groups is 1. The third-order valence-electron chi connectivity index (χ3n) is 6.56. The number of rotatable bonds is 29. The van der Waals surface area contributed by atoms with E-state index in [2.05, 4.69) is 20.8 Å². The SMILES string of the molecule is O=Cc1ccc(CCC(=O)COCCOCCNC(=O)COCCOCCCC(=O)CCCS(=O)(=O)CC(=O)CC2=NN=NC2)cc1. The molecule has 0 aliphatic carbocycles. The van der Waals surface area contributed by atoms with E-state index in [-0.39, 0.29) is 102 Å². The largest absolute Gasteiger partial charge is 0.379 e. The molecule has 0 spiro atoms. The van der Waals surface area contributed by atoms with E-state index in [1.165, 1.54) is 0 Å². The van der Waals surface area contributed by atoms with Crippen LogP contribution in [0.5, 0.6) is 0 Å². The van der Waals surface area contributed by atoms with Crippen molar-refractivity contribution in [3.8, 4) is 0 Å². The minimum Gasteiger partial charge on any atom is -0.379 e. The van der Waals surface area contributed by atoms with E-state index < -0.39 is 21.4 Å². The van der Waals surface area contributed by atoms with Crippen molar-refractivity contribution < 1.29 is 51.3 Å². The molecule has 0 atom stereocenters. The van der Waals surface area contributed by atoms with Gasteiger partial charge in [-0.1, -0.05) is 24.3 Å². The van der Waals surface area contributed by atoms with Crippen LogP contribution in [-0.4, -0.2) is 121 Å². The number of benzene rings is 1. The van der Waals surface area contributed by atoms with Crippen LogP contribution in [0.2, 0.25) is 0 Å². The lowest BCUT2D eigenvalue weighted by atomic mass is 10.1. The van der Waals surface area contributed by atoms with Crippen LogP contribution in [0.3, 0.4) is 0 Å². The summed E-state index contributed by atoms with van der Waals surface area (Å²) in [6.45, 7) is 1.96. The maximum atomic E-state index is 12.1. The standard InChI is InChI=1S/C31H44N4O11S/c36-21-26-7-5-25(6-8-26)9-10-29(38)22-45-16-15-44-13-11-32-31(40)23-46-17-14-43-12-1-3-28(37)4-2-18-47(41,42)24-30(39)19-27-20-33-35-34-27/h5-8,21H,1-4,9-20,22-24H2,(H,32,40). The lowest BCUT2D eigenvalue weighted by Gasteiger charge is -2.08. The first kappa shape index (κ1) is 39.6. The molecule has 1 aliphatic rings. The molecule has 15 nitrogen and oxygen atoms in total. The fourth-order valence-corrected chi connectivity index (χ4v) is 5.46. The monoisotopic (exact) mass is 680 g/mol. The fourth-order valence-electron chi connectivity index (χ4n) is 4.14. The van der Waals surface area contributed by atoms with Gasteiger partial charge in [-0.05, 0) is 30.0 Å². The zero-order valence-electron chi connectivity index (χ0n) is 26.6. The number of Topliss-reactive ketones (excluding diaryl/α,β-unsaturated/α-hetero) is 3. The summed E-state index contributed by atoms with van der Waals surface area (Å²) in [6, 6.07) is 7.08. The molecule has 1 amide bonds. The second-order valence-corrected chi connectivity index (χ2v) is 12.9. The molecule has 0 unspecified atom stereocenters. The number of ketones is 3. The van der Waals surface area contributed by atoms with Gasteiger partial charge in [0.05, 0.1) is 44.5 Å². The Hall–Kier alpha value is -3.57. The molecule has 2 rings (SSSR count). The number of aldehydes is 1. The van der Waals surface area contributed by atoms with Crippen molar-refractivity contribution in [2.24, 2.45) is 15.4 Å². The predicted molar refractivity (Wildman–Crippen MR) is 170 cm³/mol. The molecule has 0 saturated heterocycles. The van der Waals surface area contributed by atoms with Crippen LogP contribution in [-0.2, 0) is 54.4 Å². The first-order valence-corrected chi connectivity index (χ1v) is 17.3. The topological polar surface area (TPSA) is 206 Å². The minimum absolute atomic E-state index is 0.00138. The molecule has 1 aliphatic heterocycles. The highest BCUT2D eigenvalue weighted by atomic mass is 32.2. The Labute approximate surface area is 274 Å². The number of aryl methyl sites for hydroxylation is 1. The van der Waals surface area contributed by atoms with Gasteiger partial charge in [0.25, 0.3) is 0 Å². The Morgan fingerprint density at radius 2 is 1.47 bits per heavy atom. The molecule has 0 radical (unpaired) electrons. The Balaban J connectivity index is 1.32. The predicted octanol–water partition coefficient (Wildman–Crippen LogP) is 1.51. The van der Waals surface area contributed by atoms with Crippen LogP contribution < -0.4 is 5.32 Å². The summed E-state index contributed by atoms with van der Waals surface area (Å²) in [4.78, 5) is 58.3. The average Bonchev–Trinajstić information content (AvgIpc) is 3.55. The van der Waals surface area contributed by atoms with E-state index in [0.29, 0.717) is 43.7 Å². The van der Waals surface area contributed by atoms with E-state index in [1.807, 2.05) is 12.1 Å². The van der Waals surface area contributed by atoms with Crippen LogP contribution in [0.15, 0.2) is 39.7 Å². The number of hydrogen-bond acceptors (Lipinski definition) is 14. The summed E-state index contributed by atoms with van der Waals surface area (Å²) in [7, 11) is -3.60. The third-order valence-corrected chi connectivity index (χ3v) is 8.23. The Morgan fingerprint density at radius 3 is 2.17 bits per heavy atom. The highest BCUT2D eigenvalue weighted by Crippen LogP contribution is 2.07. The summed E-state index contributed by atoms with van der Waals surface area (Å²) in [5.74, 6) is -1.69. The molecule has 0 fully saturated rings. The van der Waals surface area contributed by atoms with Gasteiger partial charge in [0.15, 0.2) is 21.4 Å². The maximum absolute atomic E-state index is 12.1. The second kappa shape index (κ2) is 23.7. The van der Waals surface area contributed by atoms with E-state index in [9.17, 15) is 32.4 Å². The van der Waals surface area contributed by atoms with Crippen LogP contribution in [0, 0.1) is 0 Å². The van der Waals surface area contributed by atoms with Gasteiger partial charge >= 0.3 is 0 Å². The molecule has 0 bridgehead atoms. The Kier molecular flexibility index (Phi) is 20.0. The molecule has 1 aromatic carbocycles. The van der Waals surface area contributed by atoms with Crippen LogP contribution >= 0.6 is 0 Å². The van der Waals surface area contributed by atoms with E-state index in [1.54, 1.807) is 12.1 Å². The van der Waals surface area contributed by atoms with Gasteiger partial charge in [-0.15, -0.1) is 5.10 Å². The Bertz CT molecular complexity index is 1310. The maximum Gasteiger partial charge on any atom is 0.246 e. The number of amides is 1. The lowest BCUT2D eigenvalue weighted by Crippen LogP contribution is -2.31. The van der Waals surface area contributed by atoms with Gasteiger partial charge in [0.2, 0.25) is 5.91 Å². The van der Waals surface area contributed by atoms with E-state index in [0.717, 1.165) is 11.8 Å². The van der Waals surface area contributed by atoms with Crippen molar-refractivity contribution in [1.29, 1.82) is 0 Å². The van der Waals surface area contributed by atoms with Gasteiger partial charge in [-0.25, -0.2) is 8.42 Å². The summed E-state index contributed by atoms with van der Waals surface area (Å²) < 4.78 is 45.6. The van der Waals surface area contributed by atoms with Gasteiger partial charge in [-0.3, -0.25) is 24.0 Å². The smallest absolute Gasteiger partial charge is 0.246 e. The summed E-state index contributed by atoms with van der Waals surface area (Å²) in [5.41, 5.74) is 2.01. The molecule has 16 heteroatoms. The number of nitrogens with zero attached hydrogens (tertiary/aromatic N) is 3. The fraction of sp³-hybridized carbons (Fsp3) is 0.613. The summed E-state index contributed by atoms with van der Waals surface area (Å²) >= 11 is 0. The lowest BCUT2D eigenvalue weighted by molar-refractivity contribution is -0.127. The molecule has 0 saturated carbocycles. The number of ether oxygens (including phenoxy) is 4. The van der Waals surface area contributed by atoms with Gasteiger partial charge in [0, 0.05) is 44.4 Å². The highest BCUT2D eigenvalue weighted by molar-refractivity contribution is 7.92. The van der Waals surface area contributed by atoms with Crippen molar-refractivity contribution >= 4 is 45.1 Å². The van der Waals surface area contributed by atoms with Crippen molar-refractivity contribution in [1.82, 2.24) is 5.32 Å². The first-order valence-electron chi connectivity index (χ1n) is 15.5. The highest BCUT2D eigenvalue weighted by Gasteiger charge is 2.19. The average molecular weight is 681 g/mol. The quantitative estimate of drug-likeness (QED) is 0.0948. The van der Waals surface area contributed by atoms with E-state index >= 15 is 0 Å². The zero-order chi connectivity index (χ0) is 34.2. The van der Waals surface area contributed by atoms with Crippen molar-refractivity contribution in [2.45, 2.75) is 44.9 Å². The van der Waals surface area contributed by atoms with Crippen molar-refractivity contribution in [3.63, 3.8) is 0 Å². The van der Waals surface area contributed by atoms with Gasteiger partial charge in [0.1, 0.15) is 37.6 Å². The normalized spacial score (nSPS) is 12.6. The molecule has 1 N–H and O–H groups in total. The van der Waals surface area contributed by atoms with Crippen LogP contribution in [0.4, 0.5) is 0 Å². The molecule has 1 aromatic rings. The number of nitrogens with one attached hydrogen (secondary N) is 1. The zero-order valence-corrected chi connectivity index (χ0v) is 27.4. The summed E-state index contributed by atoms with van der Waals surface area (Å²) in [6.07, 6.45) is 2.60. The van der Waals surface area contributed by atoms with Crippen molar-refractivity contribution in [2.75, 3.05) is 77.5 Å². The molecule has 1 heterocycles. The summed E-state index contributed by atoms with van der Waals surface area (Å²) in [5, 5.41) is 13.3. The molecule has 47 heavy (non-hydrogen) atoms. The molecular weight excluding hydrogens is 636 g/mol. The molecule has 0 aromatic heterocycles. The second-order valence-electron chi connectivity index (χ2n) is 10.7. The third kappa shape index (κ3) is 20.3. The van der Waals surface area contributed by atoms with Crippen LogP contribution in [0.1, 0.15) is 54.4 Å². The molecule has 260 valence electrons. The van der Waals surface area contributed by atoms with E-state index in [4.69, 9.17) is 18.9 Å². The number of hydrogen-bond donors (Lipinski definition) is 1. The number of carbonyl (C=O) groups excluding carboxylic acids is 5. The minimum atomic E-state index is -3.60. The van der Waals surface area contributed by atoms with Gasteiger partial charge in [-0.2, -0.15) is 5.11 Å². The number of carbonyl (C=O) groups is 5. The molecular formula is C31H44N4O11S. The van der Waals surface area contributed by atoms with Crippen LogP contribution in [0.25, 0.3) is 0 Å². The Morgan fingerprint density at radius 1 is 0.787 bits per heavy atom. The van der Waals surface area contributed by atoms with Crippen molar-refractivity contribution in [3.05, 3.63) is 35.4 Å². The first-order chi connectivity index (χ1) is 22.7. The van der Waals surface area contributed by atoms with Gasteiger partial charge < -0.3 is 24.3 Å².